The van der Waals surface area contributed by atoms with Crippen molar-refractivity contribution in [3.63, 3.8) is 0 Å². The first kappa shape index (κ1) is 17.1. The van der Waals surface area contributed by atoms with E-state index in [9.17, 15) is 4.79 Å². The minimum absolute atomic E-state index is 0.00979. The highest BCUT2D eigenvalue weighted by atomic mass is 16.7. The van der Waals surface area contributed by atoms with E-state index in [1.807, 2.05) is 41.6 Å². The highest BCUT2D eigenvalue weighted by Gasteiger charge is 2.24. The number of carbonyl (C=O) groups excluding carboxylic acids is 1. The van der Waals surface area contributed by atoms with Crippen molar-refractivity contribution in [1.29, 1.82) is 0 Å². The molecular formula is C20H24N4O2. The Labute approximate surface area is 153 Å². The summed E-state index contributed by atoms with van der Waals surface area (Å²) in [6, 6.07) is 10.0. The van der Waals surface area contributed by atoms with E-state index >= 15 is 0 Å². The minimum atomic E-state index is 0.00979. The summed E-state index contributed by atoms with van der Waals surface area (Å²) >= 11 is 0. The molecule has 1 fully saturated rings. The van der Waals surface area contributed by atoms with Gasteiger partial charge in [-0.3, -0.25) is 9.63 Å². The molecule has 0 spiro atoms. The van der Waals surface area contributed by atoms with E-state index in [4.69, 9.17) is 9.82 Å². The van der Waals surface area contributed by atoms with Gasteiger partial charge >= 0.3 is 0 Å². The van der Waals surface area contributed by atoms with Crippen LogP contribution in [0.3, 0.4) is 0 Å². The van der Waals surface area contributed by atoms with Gasteiger partial charge in [-0.1, -0.05) is 30.3 Å². The van der Waals surface area contributed by atoms with E-state index in [2.05, 4.69) is 10.3 Å². The van der Waals surface area contributed by atoms with Crippen LogP contribution in [0, 0.1) is 0 Å². The first-order valence-corrected chi connectivity index (χ1v) is 9.38. The molecule has 1 amide bonds. The van der Waals surface area contributed by atoms with Crippen LogP contribution in [0.5, 0.6) is 0 Å². The number of aryl methyl sites for hydroxylation is 1. The van der Waals surface area contributed by atoms with Crippen LogP contribution < -0.4 is 5.32 Å². The maximum Gasteiger partial charge on any atom is 0.221 e. The van der Waals surface area contributed by atoms with Crippen molar-refractivity contribution in [2.45, 2.75) is 38.1 Å². The fourth-order valence-corrected chi connectivity index (χ4v) is 3.59. The molecule has 2 aliphatic rings. The van der Waals surface area contributed by atoms with Crippen LogP contribution in [0.15, 0.2) is 36.5 Å². The number of aromatic nitrogens is 2. The summed E-state index contributed by atoms with van der Waals surface area (Å²) < 4.78 is 0. The fraction of sp³-hybridized carbons (Fsp3) is 0.450. The van der Waals surface area contributed by atoms with Gasteiger partial charge in [-0.2, -0.15) is 5.06 Å². The predicted molar refractivity (Wildman–Crippen MR) is 98.0 cm³/mol. The van der Waals surface area contributed by atoms with E-state index in [0.29, 0.717) is 13.0 Å². The zero-order valence-electron chi connectivity index (χ0n) is 14.9. The summed E-state index contributed by atoms with van der Waals surface area (Å²) in [6.45, 7) is 2.32. The van der Waals surface area contributed by atoms with Crippen molar-refractivity contribution < 1.29 is 9.63 Å². The number of hydrogen-bond acceptors (Lipinski definition) is 5. The molecule has 6 nitrogen and oxygen atoms in total. The Balaban J connectivity index is 1.42. The molecule has 1 aliphatic heterocycles. The van der Waals surface area contributed by atoms with E-state index in [0.717, 1.165) is 61.5 Å². The van der Waals surface area contributed by atoms with Gasteiger partial charge < -0.3 is 5.32 Å². The summed E-state index contributed by atoms with van der Waals surface area (Å²) in [5.41, 5.74) is 3.13. The second-order valence-corrected chi connectivity index (χ2v) is 6.84. The van der Waals surface area contributed by atoms with Crippen LogP contribution >= 0.6 is 0 Å². The molecule has 1 aromatic carbocycles. The second-order valence-electron chi connectivity index (χ2n) is 6.84. The van der Waals surface area contributed by atoms with Crippen molar-refractivity contribution >= 4 is 5.91 Å². The monoisotopic (exact) mass is 352 g/mol. The lowest BCUT2D eigenvalue weighted by Crippen LogP contribution is -2.33. The Hall–Kier alpha value is -2.31. The van der Waals surface area contributed by atoms with Gasteiger partial charge in [-0.25, -0.2) is 9.97 Å². The lowest BCUT2D eigenvalue weighted by Gasteiger charge is -2.26. The van der Waals surface area contributed by atoms with Crippen LogP contribution in [0.1, 0.15) is 43.0 Å². The third-order valence-corrected chi connectivity index (χ3v) is 4.96. The average molecular weight is 352 g/mol. The molecule has 0 unspecified atom stereocenters. The molecule has 4 rings (SSSR count). The smallest absolute Gasteiger partial charge is 0.221 e. The molecule has 136 valence electrons. The number of carbonyl (C=O) groups is 1. The molecule has 6 heteroatoms. The molecule has 1 aromatic heterocycles. The van der Waals surface area contributed by atoms with Gasteiger partial charge in [-0.05, 0) is 25.7 Å². The minimum Gasteiger partial charge on any atom is -0.349 e. The summed E-state index contributed by atoms with van der Waals surface area (Å²) in [4.78, 5) is 27.1. The summed E-state index contributed by atoms with van der Waals surface area (Å²) in [7, 11) is 0. The quantitative estimate of drug-likeness (QED) is 0.896. The van der Waals surface area contributed by atoms with Gasteiger partial charge in [0.2, 0.25) is 5.91 Å². The maximum atomic E-state index is 12.3. The van der Waals surface area contributed by atoms with Crippen LogP contribution in [0.25, 0.3) is 11.4 Å². The lowest BCUT2D eigenvalue weighted by atomic mass is 9.92. The van der Waals surface area contributed by atoms with E-state index < -0.39 is 0 Å². The second kappa shape index (κ2) is 7.93. The van der Waals surface area contributed by atoms with E-state index in [1.165, 1.54) is 0 Å². The summed E-state index contributed by atoms with van der Waals surface area (Å²) in [5.74, 6) is 0.813. The highest BCUT2D eigenvalue weighted by Crippen LogP contribution is 2.29. The Morgan fingerprint density at radius 2 is 2.15 bits per heavy atom. The van der Waals surface area contributed by atoms with Crippen molar-refractivity contribution in [3.8, 4) is 11.4 Å². The van der Waals surface area contributed by atoms with Crippen LogP contribution in [-0.4, -0.2) is 40.6 Å². The number of nitrogens with one attached hydrogen (secondary N) is 1. The topological polar surface area (TPSA) is 67.3 Å². The van der Waals surface area contributed by atoms with Crippen LogP contribution in [-0.2, 0) is 16.1 Å². The Morgan fingerprint density at radius 1 is 1.27 bits per heavy atom. The fourth-order valence-electron chi connectivity index (χ4n) is 3.59. The van der Waals surface area contributed by atoms with Gasteiger partial charge in [0.05, 0.1) is 12.6 Å². The van der Waals surface area contributed by atoms with Gasteiger partial charge in [0.1, 0.15) is 0 Å². The largest absolute Gasteiger partial charge is 0.349 e. The lowest BCUT2D eigenvalue weighted by molar-refractivity contribution is -0.131. The van der Waals surface area contributed by atoms with Crippen LogP contribution in [0.4, 0.5) is 0 Å². The van der Waals surface area contributed by atoms with E-state index in [-0.39, 0.29) is 11.9 Å². The zero-order chi connectivity index (χ0) is 17.8. The molecular weight excluding hydrogens is 328 g/mol. The molecule has 1 N–H and O–H groups in total. The van der Waals surface area contributed by atoms with Crippen LogP contribution in [0.2, 0.25) is 0 Å². The Morgan fingerprint density at radius 3 is 2.96 bits per heavy atom. The molecule has 1 saturated heterocycles. The Kier molecular flexibility index (Phi) is 5.22. The van der Waals surface area contributed by atoms with Gasteiger partial charge in [0.25, 0.3) is 0 Å². The molecule has 0 radical (unpaired) electrons. The first-order chi connectivity index (χ1) is 12.8. The molecule has 0 bridgehead atoms. The standard InChI is InChI=1S/C20H24N4O2/c25-19(10-12-24-11-5-13-26-24)22-17-8-4-9-18-16(17)14-21-20(23-18)15-6-2-1-3-7-15/h1-3,6-7,14,17H,4-5,8-13H2,(H,22,25)/t17-/m1/s1. The van der Waals surface area contributed by atoms with Crippen molar-refractivity contribution in [2.75, 3.05) is 19.7 Å². The Bertz CT molecular complexity index is 760. The zero-order valence-corrected chi connectivity index (χ0v) is 14.9. The number of fused-ring (bicyclic) bond motifs is 1. The third kappa shape index (κ3) is 3.92. The van der Waals surface area contributed by atoms with Crippen molar-refractivity contribution in [3.05, 3.63) is 47.8 Å². The molecule has 2 heterocycles. The van der Waals surface area contributed by atoms with Crippen molar-refractivity contribution in [1.82, 2.24) is 20.3 Å². The summed E-state index contributed by atoms with van der Waals surface area (Å²) in [6.07, 6.45) is 6.28. The normalized spacial score (nSPS) is 19.9. The van der Waals surface area contributed by atoms with Gasteiger partial charge in [-0.15, -0.1) is 0 Å². The van der Waals surface area contributed by atoms with E-state index in [1.54, 1.807) is 0 Å². The molecule has 1 atom stereocenters. The maximum absolute atomic E-state index is 12.3. The molecule has 2 aromatic rings. The highest BCUT2D eigenvalue weighted by molar-refractivity contribution is 5.76. The molecule has 26 heavy (non-hydrogen) atoms. The number of benzene rings is 1. The first-order valence-electron chi connectivity index (χ1n) is 9.38. The van der Waals surface area contributed by atoms with Gasteiger partial charge in [0, 0.05) is 42.5 Å². The average Bonchev–Trinajstić information content (AvgIpc) is 3.21. The van der Waals surface area contributed by atoms with Gasteiger partial charge in [0.15, 0.2) is 5.82 Å². The number of hydrogen-bond donors (Lipinski definition) is 1. The number of amides is 1. The number of hydroxylamine groups is 2. The number of rotatable bonds is 5. The molecule has 1 aliphatic carbocycles. The third-order valence-electron chi connectivity index (χ3n) is 4.96. The predicted octanol–water partition coefficient (Wildman–Crippen LogP) is 2.66. The SMILES string of the molecule is O=C(CCN1CCCO1)N[C@@H]1CCCc2nc(-c3ccccc3)ncc21. The summed E-state index contributed by atoms with van der Waals surface area (Å²) in [5, 5.41) is 5.04. The molecule has 0 saturated carbocycles. The number of nitrogens with zero attached hydrogens (tertiary/aromatic N) is 3. The van der Waals surface area contributed by atoms with Crippen molar-refractivity contribution in [2.24, 2.45) is 0 Å².